The Morgan fingerprint density at radius 1 is 1.60 bits per heavy atom. The maximum atomic E-state index is 11.6. The van der Waals surface area contributed by atoms with Crippen molar-refractivity contribution in [2.75, 3.05) is 20.2 Å². The zero-order valence-corrected chi connectivity index (χ0v) is 12.5. The van der Waals surface area contributed by atoms with Crippen LogP contribution in [0.15, 0.2) is 10.5 Å². The zero-order chi connectivity index (χ0) is 14.9. The van der Waals surface area contributed by atoms with E-state index >= 15 is 0 Å². The molecule has 1 aliphatic rings. The number of esters is 1. The van der Waals surface area contributed by atoms with E-state index in [9.17, 15) is 9.90 Å². The molecule has 0 spiro atoms. The Hall–Kier alpha value is -1.33. The molecule has 0 radical (unpaired) electrons. The second kappa shape index (κ2) is 5.97. The summed E-state index contributed by atoms with van der Waals surface area (Å²) in [6.45, 7) is 7.49. The van der Waals surface area contributed by atoms with Gasteiger partial charge >= 0.3 is 5.97 Å². The van der Waals surface area contributed by atoms with E-state index in [0.29, 0.717) is 12.5 Å². The Balaban J connectivity index is 2.13. The third-order valence-corrected chi connectivity index (χ3v) is 4.22. The molecule has 0 aliphatic carbocycles. The van der Waals surface area contributed by atoms with Gasteiger partial charge in [0.2, 0.25) is 5.76 Å². The Morgan fingerprint density at radius 3 is 2.90 bits per heavy atom. The number of carbonyl (C=O) groups is 1. The molecular formula is C15H23NO4. The van der Waals surface area contributed by atoms with Gasteiger partial charge in [-0.2, -0.15) is 0 Å². The number of carbonyl (C=O) groups excluding carboxylic acids is 1. The maximum Gasteiger partial charge on any atom is 0.374 e. The van der Waals surface area contributed by atoms with Crippen LogP contribution < -0.4 is 0 Å². The van der Waals surface area contributed by atoms with Crippen LogP contribution in [0.5, 0.6) is 0 Å². The average molecular weight is 281 g/mol. The van der Waals surface area contributed by atoms with Crippen LogP contribution in [-0.2, 0) is 4.74 Å². The van der Waals surface area contributed by atoms with Crippen molar-refractivity contribution < 1.29 is 19.1 Å². The van der Waals surface area contributed by atoms with Crippen LogP contribution in [0.4, 0.5) is 0 Å². The van der Waals surface area contributed by atoms with Crippen LogP contribution in [0, 0.1) is 12.8 Å². The quantitative estimate of drug-likeness (QED) is 0.860. The number of piperidine rings is 1. The van der Waals surface area contributed by atoms with E-state index in [0.717, 1.165) is 24.3 Å². The number of methoxy groups -OCH3 is 1. The summed E-state index contributed by atoms with van der Waals surface area (Å²) in [4.78, 5) is 13.8. The summed E-state index contributed by atoms with van der Waals surface area (Å²) in [5.41, 5.74) is 0.782. The molecule has 1 saturated heterocycles. The number of rotatable bonds is 3. The van der Waals surface area contributed by atoms with Crippen LogP contribution in [0.3, 0.4) is 0 Å². The number of nitrogens with zero attached hydrogens (tertiary/aromatic N) is 1. The van der Waals surface area contributed by atoms with Gasteiger partial charge in [0, 0.05) is 12.1 Å². The van der Waals surface area contributed by atoms with Crippen molar-refractivity contribution in [3.05, 3.63) is 23.2 Å². The van der Waals surface area contributed by atoms with Gasteiger partial charge in [0.1, 0.15) is 5.76 Å². The fourth-order valence-electron chi connectivity index (χ4n) is 2.61. The standard InChI is InChI=1S/C15H23NO4/c1-9-5-6-16(8-12(9)17)11(3)13-7-10(2)14(20-13)15(18)19-4/h7,9,11-12,17H,5-6,8H2,1-4H3. The number of aliphatic hydroxyl groups excluding tert-OH is 1. The van der Waals surface area contributed by atoms with Crippen molar-refractivity contribution in [1.82, 2.24) is 4.90 Å². The van der Waals surface area contributed by atoms with Gasteiger partial charge in [-0.3, -0.25) is 4.90 Å². The van der Waals surface area contributed by atoms with Gasteiger partial charge in [0.15, 0.2) is 0 Å². The highest BCUT2D eigenvalue weighted by Crippen LogP contribution is 2.29. The van der Waals surface area contributed by atoms with Crippen LogP contribution in [0.1, 0.15) is 48.2 Å². The van der Waals surface area contributed by atoms with Gasteiger partial charge in [-0.25, -0.2) is 4.79 Å². The largest absolute Gasteiger partial charge is 0.463 e. The number of ether oxygens (including phenoxy) is 1. The molecule has 1 aromatic rings. The molecule has 3 unspecified atom stereocenters. The summed E-state index contributed by atoms with van der Waals surface area (Å²) >= 11 is 0. The Labute approximate surface area is 119 Å². The van der Waals surface area contributed by atoms with E-state index in [2.05, 4.69) is 11.8 Å². The summed E-state index contributed by atoms with van der Waals surface area (Å²) in [7, 11) is 1.34. The lowest BCUT2D eigenvalue weighted by Gasteiger charge is -2.37. The van der Waals surface area contributed by atoms with Crippen molar-refractivity contribution in [3.63, 3.8) is 0 Å². The molecule has 112 valence electrons. The van der Waals surface area contributed by atoms with Crippen LogP contribution in [0.25, 0.3) is 0 Å². The predicted molar refractivity (Wildman–Crippen MR) is 74.6 cm³/mol. The minimum absolute atomic E-state index is 0.0363. The Morgan fingerprint density at radius 2 is 2.30 bits per heavy atom. The highest BCUT2D eigenvalue weighted by Gasteiger charge is 2.30. The van der Waals surface area contributed by atoms with Gasteiger partial charge in [0.05, 0.1) is 19.3 Å². The number of β-amino-alcohol motifs (C(OH)–C–C–N with tert-alkyl or cyclic N) is 1. The van der Waals surface area contributed by atoms with E-state index < -0.39 is 5.97 Å². The third-order valence-electron chi connectivity index (χ3n) is 4.22. The smallest absolute Gasteiger partial charge is 0.374 e. The number of aryl methyl sites for hydroxylation is 1. The minimum Gasteiger partial charge on any atom is -0.463 e. The van der Waals surface area contributed by atoms with Crippen molar-refractivity contribution >= 4 is 5.97 Å². The molecule has 1 N–H and O–H groups in total. The van der Waals surface area contributed by atoms with E-state index in [4.69, 9.17) is 9.15 Å². The van der Waals surface area contributed by atoms with E-state index in [-0.39, 0.29) is 17.9 Å². The molecule has 3 atom stereocenters. The van der Waals surface area contributed by atoms with Crippen LogP contribution >= 0.6 is 0 Å². The molecule has 0 amide bonds. The molecule has 5 heteroatoms. The van der Waals surface area contributed by atoms with Gasteiger partial charge in [-0.05, 0) is 38.8 Å². The van der Waals surface area contributed by atoms with Crippen molar-refractivity contribution in [2.24, 2.45) is 5.92 Å². The highest BCUT2D eigenvalue weighted by atomic mass is 16.5. The molecule has 1 fully saturated rings. The predicted octanol–water partition coefficient (Wildman–Crippen LogP) is 2.14. The molecule has 1 aliphatic heterocycles. The maximum absolute atomic E-state index is 11.6. The van der Waals surface area contributed by atoms with Gasteiger partial charge < -0.3 is 14.3 Å². The zero-order valence-electron chi connectivity index (χ0n) is 12.5. The molecule has 0 aromatic carbocycles. The lowest BCUT2D eigenvalue weighted by atomic mass is 9.95. The first-order valence-electron chi connectivity index (χ1n) is 7.04. The van der Waals surface area contributed by atoms with Gasteiger partial charge in [-0.15, -0.1) is 0 Å². The fraction of sp³-hybridized carbons (Fsp3) is 0.667. The summed E-state index contributed by atoms with van der Waals surface area (Å²) in [6, 6.07) is 1.91. The molecule has 0 bridgehead atoms. The van der Waals surface area contributed by atoms with Crippen LogP contribution in [0.2, 0.25) is 0 Å². The average Bonchev–Trinajstić information content (AvgIpc) is 2.82. The normalized spacial score (nSPS) is 25.4. The summed E-state index contributed by atoms with van der Waals surface area (Å²) in [5.74, 6) is 0.889. The third kappa shape index (κ3) is 2.88. The Bertz CT molecular complexity index is 482. The number of hydrogen-bond acceptors (Lipinski definition) is 5. The lowest BCUT2D eigenvalue weighted by molar-refractivity contribution is 0.00867. The fourth-order valence-corrected chi connectivity index (χ4v) is 2.61. The topological polar surface area (TPSA) is 62.9 Å². The van der Waals surface area contributed by atoms with Gasteiger partial charge in [-0.1, -0.05) is 6.92 Å². The summed E-state index contributed by atoms with van der Waals surface area (Å²) < 4.78 is 10.3. The molecule has 20 heavy (non-hydrogen) atoms. The van der Waals surface area contributed by atoms with Gasteiger partial charge in [0.25, 0.3) is 0 Å². The van der Waals surface area contributed by atoms with E-state index in [1.165, 1.54) is 7.11 Å². The summed E-state index contributed by atoms with van der Waals surface area (Å²) in [5, 5.41) is 9.98. The minimum atomic E-state index is -0.451. The summed E-state index contributed by atoms with van der Waals surface area (Å²) in [6.07, 6.45) is 0.664. The molecule has 0 saturated carbocycles. The van der Waals surface area contributed by atoms with E-state index in [1.807, 2.05) is 19.9 Å². The SMILES string of the molecule is COC(=O)c1oc(C(C)N2CCC(C)C(O)C2)cc1C. The van der Waals surface area contributed by atoms with Crippen molar-refractivity contribution in [3.8, 4) is 0 Å². The molecule has 2 rings (SSSR count). The molecule has 1 aromatic heterocycles. The monoisotopic (exact) mass is 281 g/mol. The molecule has 2 heterocycles. The number of likely N-dealkylation sites (tertiary alicyclic amines) is 1. The second-order valence-corrected chi connectivity index (χ2v) is 5.66. The van der Waals surface area contributed by atoms with Crippen LogP contribution in [-0.4, -0.2) is 42.3 Å². The lowest BCUT2D eigenvalue weighted by Crippen LogP contribution is -2.43. The Kier molecular flexibility index (Phi) is 4.50. The number of hydrogen-bond donors (Lipinski definition) is 1. The van der Waals surface area contributed by atoms with Crippen molar-refractivity contribution in [1.29, 1.82) is 0 Å². The second-order valence-electron chi connectivity index (χ2n) is 5.66. The highest BCUT2D eigenvalue weighted by molar-refractivity contribution is 5.87. The number of furan rings is 1. The first-order chi connectivity index (χ1) is 9.43. The molecule has 5 nitrogen and oxygen atoms in total. The van der Waals surface area contributed by atoms with Crippen molar-refractivity contribution in [2.45, 2.75) is 39.3 Å². The van der Waals surface area contributed by atoms with E-state index in [1.54, 1.807) is 0 Å². The number of aliphatic hydroxyl groups is 1. The first kappa shape index (κ1) is 15.1. The first-order valence-corrected chi connectivity index (χ1v) is 7.04. The molecular weight excluding hydrogens is 258 g/mol.